The van der Waals surface area contributed by atoms with E-state index in [1.165, 1.54) is 26.2 Å². The number of amides is 3. The molecule has 0 unspecified atom stereocenters. The smallest absolute Gasteiger partial charge is 0.329 e. The fourth-order valence-electron chi connectivity index (χ4n) is 3.15. The van der Waals surface area contributed by atoms with Crippen molar-refractivity contribution in [2.45, 2.75) is 19.9 Å². The summed E-state index contributed by atoms with van der Waals surface area (Å²) in [6.45, 7) is 2.89. The van der Waals surface area contributed by atoms with Crippen LogP contribution < -0.4 is 14.8 Å². The van der Waals surface area contributed by atoms with E-state index in [9.17, 15) is 19.2 Å². The SMILES string of the molecule is CCOC(=O)[C@@H](C)N1C(=O)S/C(=C/c2cc(Cl)c(OCC(=O)Nc3ccccc3)c(OC)c2)C1=O. The van der Waals surface area contributed by atoms with E-state index in [0.29, 0.717) is 23.0 Å². The summed E-state index contributed by atoms with van der Waals surface area (Å²) in [5.74, 6) is -1.29. The lowest BCUT2D eigenvalue weighted by Gasteiger charge is -2.19. The molecule has 3 rings (SSSR count). The summed E-state index contributed by atoms with van der Waals surface area (Å²) < 4.78 is 15.8. The fraction of sp³-hybridized carbons (Fsp3) is 0.250. The second kappa shape index (κ2) is 11.8. The van der Waals surface area contributed by atoms with E-state index in [1.807, 2.05) is 6.07 Å². The van der Waals surface area contributed by atoms with Gasteiger partial charge in [0, 0.05) is 5.69 Å². The number of benzene rings is 2. The Morgan fingerprint density at radius 2 is 1.91 bits per heavy atom. The van der Waals surface area contributed by atoms with Gasteiger partial charge in [0.15, 0.2) is 18.1 Å². The Balaban J connectivity index is 1.75. The first kappa shape index (κ1) is 26.1. The highest BCUT2D eigenvalue weighted by Crippen LogP contribution is 2.39. The summed E-state index contributed by atoms with van der Waals surface area (Å²) in [6, 6.07) is 10.9. The Labute approximate surface area is 211 Å². The number of hydrogen-bond donors (Lipinski definition) is 1. The number of carbonyl (C=O) groups is 4. The third kappa shape index (κ3) is 6.34. The van der Waals surface area contributed by atoms with Gasteiger partial charge in [-0.15, -0.1) is 0 Å². The van der Waals surface area contributed by atoms with E-state index in [-0.39, 0.29) is 40.5 Å². The zero-order chi connectivity index (χ0) is 25.5. The lowest BCUT2D eigenvalue weighted by molar-refractivity contribution is -0.150. The Kier molecular flexibility index (Phi) is 8.78. The average Bonchev–Trinajstić information content (AvgIpc) is 3.10. The van der Waals surface area contributed by atoms with Gasteiger partial charge in [-0.3, -0.25) is 19.3 Å². The molecule has 0 radical (unpaired) electrons. The van der Waals surface area contributed by atoms with Gasteiger partial charge in [0.25, 0.3) is 17.1 Å². The molecule has 1 fully saturated rings. The van der Waals surface area contributed by atoms with Crippen molar-refractivity contribution in [3.8, 4) is 11.5 Å². The maximum Gasteiger partial charge on any atom is 0.329 e. The molecule has 0 saturated carbocycles. The third-order valence-electron chi connectivity index (χ3n) is 4.79. The average molecular weight is 519 g/mol. The maximum atomic E-state index is 12.8. The molecule has 0 spiro atoms. The predicted octanol–water partition coefficient (Wildman–Crippen LogP) is 4.35. The van der Waals surface area contributed by atoms with Crippen molar-refractivity contribution in [1.82, 2.24) is 4.90 Å². The Morgan fingerprint density at radius 3 is 2.57 bits per heavy atom. The summed E-state index contributed by atoms with van der Waals surface area (Å²) in [6.07, 6.45) is 1.46. The summed E-state index contributed by atoms with van der Waals surface area (Å²) in [7, 11) is 1.40. The number of ether oxygens (including phenoxy) is 3. The number of methoxy groups -OCH3 is 1. The fourth-order valence-corrected chi connectivity index (χ4v) is 4.33. The van der Waals surface area contributed by atoms with E-state index in [1.54, 1.807) is 37.3 Å². The molecule has 1 atom stereocenters. The van der Waals surface area contributed by atoms with Crippen LogP contribution in [0.5, 0.6) is 11.5 Å². The maximum absolute atomic E-state index is 12.8. The number of carbonyl (C=O) groups excluding carboxylic acids is 4. The quantitative estimate of drug-likeness (QED) is 0.385. The molecule has 1 N–H and O–H groups in total. The van der Waals surface area contributed by atoms with Crippen LogP contribution in [0.3, 0.4) is 0 Å². The highest BCUT2D eigenvalue weighted by molar-refractivity contribution is 8.18. The minimum Gasteiger partial charge on any atom is -0.493 e. The van der Waals surface area contributed by atoms with Gasteiger partial charge in [0.2, 0.25) is 0 Å². The van der Waals surface area contributed by atoms with Crippen molar-refractivity contribution in [2.75, 3.05) is 25.6 Å². The van der Waals surface area contributed by atoms with Crippen molar-refractivity contribution in [3.05, 3.63) is 58.0 Å². The number of thioether (sulfide) groups is 1. The van der Waals surface area contributed by atoms with Gasteiger partial charge in [0.1, 0.15) is 6.04 Å². The van der Waals surface area contributed by atoms with Crippen LogP contribution in [0.15, 0.2) is 47.4 Å². The number of rotatable bonds is 9. The first-order chi connectivity index (χ1) is 16.7. The molecule has 9 nitrogen and oxygen atoms in total. The van der Waals surface area contributed by atoms with Crippen LogP contribution in [0.4, 0.5) is 10.5 Å². The number of anilines is 1. The van der Waals surface area contributed by atoms with Gasteiger partial charge in [-0.05, 0) is 61.5 Å². The van der Waals surface area contributed by atoms with Crippen molar-refractivity contribution >= 4 is 58.1 Å². The molecule has 1 heterocycles. The lowest BCUT2D eigenvalue weighted by Crippen LogP contribution is -2.42. The minimum absolute atomic E-state index is 0.111. The number of esters is 1. The Hall–Kier alpha value is -3.50. The van der Waals surface area contributed by atoms with Crippen LogP contribution in [0.1, 0.15) is 19.4 Å². The molecular formula is C24H23ClN2O7S. The zero-order valence-corrected chi connectivity index (χ0v) is 20.8. The lowest BCUT2D eigenvalue weighted by atomic mass is 10.1. The normalized spacial score (nSPS) is 15.2. The first-order valence-electron chi connectivity index (χ1n) is 10.5. The first-order valence-corrected chi connectivity index (χ1v) is 11.7. The van der Waals surface area contributed by atoms with Crippen LogP contribution in [-0.4, -0.2) is 54.3 Å². The van der Waals surface area contributed by atoms with Crippen LogP contribution in [-0.2, 0) is 19.1 Å². The van der Waals surface area contributed by atoms with Crippen LogP contribution >= 0.6 is 23.4 Å². The van der Waals surface area contributed by atoms with Gasteiger partial charge in [0.05, 0.1) is 23.6 Å². The molecule has 2 aromatic carbocycles. The van der Waals surface area contributed by atoms with E-state index in [2.05, 4.69) is 5.32 Å². The van der Waals surface area contributed by atoms with Gasteiger partial charge >= 0.3 is 5.97 Å². The number of nitrogens with zero attached hydrogens (tertiary/aromatic N) is 1. The predicted molar refractivity (Wildman–Crippen MR) is 132 cm³/mol. The summed E-state index contributed by atoms with van der Waals surface area (Å²) >= 11 is 7.07. The standard InChI is InChI=1S/C24H23ClN2O7S/c1-4-33-23(30)14(2)27-22(29)19(35-24(27)31)12-15-10-17(25)21(18(11-15)32-3)34-13-20(28)26-16-8-6-5-7-9-16/h5-12,14H,4,13H2,1-3H3,(H,26,28)/b19-12+/t14-/m1/s1. The van der Waals surface area contributed by atoms with E-state index in [0.717, 1.165) is 4.90 Å². The number of imide groups is 1. The Morgan fingerprint density at radius 1 is 1.20 bits per heavy atom. The molecule has 0 bridgehead atoms. The summed E-state index contributed by atoms with van der Waals surface area (Å²) in [5.41, 5.74) is 1.09. The molecule has 11 heteroatoms. The van der Waals surface area contributed by atoms with Crippen LogP contribution in [0, 0.1) is 0 Å². The number of nitrogens with one attached hydrogen (secondary N) is 1. The third-order valence-corrected chi connectivity index (χ3v) is 5.96. The van der Waals surface area contributed by atoms with Gasteiger partial charge < -0.3 is 19.5 Å². The highest BCUT2D eigenvalue weighted by Gasteiger charge is 2.41. The molecule has 3 amide bonds. The van der Waals surface area contributed by atoms with E-state index >= 15 is 0 Å². The monoisotopic (exact) mass is 518 g/mol. The zero-order valence-electron chi connectivity index (χ0n) is 19.2. The van der Waals surface area contributed by atoms with Crippen molar-refractivity contribution in [3.63, 3.8) is 0 Å². The Bertz CT molecular complexity index is 1170. The van der Waals surface area contributed by atoms with Crippen molar-refractivity contribution < 1.29 is 33.4 Å². The summed E-state index contributed by atoms with van der Waals surface area (Å²) in [5, 5.41) is 2.26. The minimum atomic E-state index is -1.05. The van der Waals surface area contributed by atoms with Gasteiger partial charge in [-0.1, -0.05) is 29.8 Å². The molecule has 1 aliphatic rings. The van der Waals surface area contributed by atoms with E-state index < -0.39 is 23.2 Å². The molecule has 0 aromatic heterocycles. The molecule has 2 aromatic rings. The number of halogens is 1. The van der Waals surface area contributed by atoms with Crippen molar-refractivity contribution in [1.29, 1.82) is 0 Å². The second-order valence-corrected chi connectivity index (χ2v) is 8.62. The van der Waals surface area contributed by atoms with Crippen molar-refractivity contribution in [2.24, 2.45) is 0 Å². The molecule has 1 saturated heterocycles. The van der Waals surface area contributed by atoms with Gasteiger partial charge in [-0.25, -0.2) is 4.79 Å². The van der Waals surface area contributed by atoms with Crippen LogP contribution in [0.2, 0.25) is 5.02 Å². The topological polar surface area (TPSA) is 111 Å². The molecule has 184 valence electrons. The second-order valence-electron chi connectivity index (χ2n) is 7.22. The van der Waals surface area contributed by atoms with E-state index in [4.69, 9.17) is 25.8 Å². The molecule has 1 aliphatic heterocycles. The molecule has 0 aliphatic carbocycles. The highest BCUT2D eigenvalue weighted by atomic mass is 35.5. The largest absolute Gasteiger partial charge is 0.493 e. The number of hydrogen-bond acceptors (Lipinski definition) is 8. The van der Waals surface area contributed by atoms with Crippen LogP contribution in [0.25, 0.3) is 6.08 Å². The number of para-hydroxylation sites is 1. The molecular weight excluding hydrogens is 496 g/mol. The molecule has 35 heavy (non-hydrogen) atoms. The summed E-state index contributed by atoms with van der Waals surface area (Å²) in [4.78, 5) is 50.3. The van der Waals surface area contributed by atoms with Gasteiger partial charge in [-0.2, -0.15) is 0 Å².